The summed E-state index contributed by atoms with van der Waals surface area (Å²) in [5.74, 6) is 0.477. The molecule has 3 N–H and O–H groups in total. The van der Waals surface area contributed by atoms with Crippen LogP contribution in [0.15, 0.2) is 29.2 Å². The number of hydrogen-bond acceptors (Lipinski definition) is 5. The summed E-state index contributed by atoms with van der Waals surface area (Å²) in [5.41, 5.74) is 5.55. The average molecular weight is 377 g/mol. The minimum absolute atomic E-state index is 0. The number of rotatable bonds is 7. The summed E-state index contributed by atoms with van der Waals surface area (Å²) >= 11 is 0. The third kappa shape index (κ3) is 5.65. The third-order valence-corrected chi connectivity index (χ3v) is 5.33. The predicted octanol–water partition coefficient (Wildman–Crippen LogP) is 1.67. The standard InChI is InChI=1S/C16H24N2O4S.ClH/c1-23(20,21)14-6-4-13(5-7-14)22-11-8-15(19)18-16(12-17)9-2-3-10-16;/h4-7H,2-3,8-12,17H2,1H3,(H,18,19);1H. The summed E-state index contributed by atoms with van der Waals surface area (Å²) < 4.78 is 28.2. The van der Waals surface area contributed by atoms with Crippen molar-refractivity contribution in [2.75, 3.05) is 19.4 Å². The van der Waals surface area contributed by atoms with Crippen LogP contribution in [0.2, 0.25) is 0 Å². The molecule has 0 saturated heterocycles. The topological polar surface area (TPSA) is 98.5 Å². The van der Waals surface area contributed by atoms with Crippen molar-refractivity contribution in [3.8, 4) is 5.75 Å². The molecule has 0 radical (unpaired) electrons. The molecule has 8 heteroatoms. The number of nitrogens with two attached hydrogens (primary N) is 1. The van der Waals surface area contributed by atoms with E-state index in [1.165, 1.54) is 12.1 Å². The van der Waals surface area contributed by atoms with Crippen LogP contribution >= 0.6 is 12.4 Å². The maximum atomic E-state index is 12.0. The van der Waals surface area contributed by atoms with Crippen molar-refractivity contribution in [3.05, 3.63) is 24.3 Å². The largest absolute Gasteiger partial charge is 0.493 e. The number of benzene rings is 1. The molecular weight excluding hydrogens is 352 g/mol. The molecule has 1 aromatic rings. The summed E-state index contributed by atoms with van der Waals surface area (Å²) in [4.78, 5) is 12.3. The summed E-state index contributed by atoms with van der Waals surface area (Å²) in [6, 6.07) is 6.17. The van der Waals surface area contributed by atoms with Crippen LogP contribution in [-0.4, -0.2) is 39.3 Å². The van der Waals surface area contributed by atoms with Gasteiger partial charge in [0.1, 0.15) is 5.75 Å². The molecule has 6 nitrogen and oxygen atoms in total. The van der Waals surface area contributed by atoms with E-state index in [9.17, 15) is 13.2 Å². The Hall–Kier alpha value is -1.31. The molecule has 1 aliphatic carbocycles. The van der Waals surface area contributed by atoms with Gasteiger partial charge in [0.2, 0.25) is 5.91 Å². The van der Waals surface area contributed by atoms with Crippen molar-refractivity contribution in [1.29, 1.82) is 0 Å². The number of halogens is 1. The summed E-state index contributed by atoms with van der Waals surface area (Å²) in [5, 5.41) is 3.03. The first kappa shape index (κ1) is 20.7. The fourth-order valence-electron chi connectivity index (χ4n) is 2.83. The Morgan fingerprint density at radius 1 is 1.25 bits per heavy atom. The van der Waals surface area contributed by atoms with E-state index in [0.717, 1.165) is 31.9 Å². The van der Waals surface area contributed by atoms with Crippen molar-refractivity contribution in [3.63, 3.8) is 0 Å². The normalized spacial score (nSPS) is 16.2. The predicted molar refractivity (Wildman–Crippen MR) is 95.3 cm³/mol. The number of carbonyl (C=O) groups excluding carboxylic acids is 1. The van der Waals surface area contributed by atoms with Crippen LogP contribution in [0.3, 0.4) is 0 Å². The number of hydrogen-bond donors (Lipinski definition) is 2. The first-order valence-electron chi connectivity index (χ1n) is 7.79. The van der Waals surface area contributed by atoms with E-state index in [2.05, 4.69) is 5.32 Å². The summed E-state index contributed by atoms with van der Waals surface area (Å²) in [7, 11) is -3.21. The fourth-order valence-corrected chi connectivity index (χ4v) is 3.47. The molecule has 0 heterocycles. The molecule has 136 valence electrons. The van der Waals surface area contributed by atoms with Gasteiger partial charge in [-0.3, -0.25) is 4.79 Å². The van der Waals surface area contributed by atoms with Gasteiger partial charge >= 0.3 is 0 Å². The summed E-state index contributed by atoms with van der Waals surface area (Å²) in [6.07, 6.45) is 5.46. The van der Waals surface area contributed by atoms with Crippen LogP contribution in [0, 0.1) is 0 Å². The minimum atomic E-state index is -3.21. The highest BCUT2D eigenvalue weighted by Crippen LogP contribution is 2.28. The van der Waals surface area contributed by atoms with Crippen molar-refractivity contribution < 1.29 is 17.9 Å². The van der Waals surface area contributed by atoms with E-state index < -0.39 is 9.84 Å². The van der Waals surface area contributed by atoms with Crippen LogP contribution in [0.25, 0.3) is 0 Å². The molecule has 0 bridgehead atoms. The van der Waals surface area contributed by atoms with Gasteiger partial charge in [0.05, 0.1) is 23.5 Å². The van der Waals surface area contributed by atoms with Gasteiger partial charge in [0, 0.05) is 12.8 Å². The van der Waals surface area contributed by atoms with Gasteiger partial charge in [-0.1, -0.05) is 12.8 Å². The molecule has 0 aliphatic heterocycles. The Morgan fingerprint density at radius 3 is 2.33 bits per heavy atom. The highest BCUT2D eigenvalue weighted by Gasteiger charge is 2.33. The number of nitrogens with one attached hydrogen (secondary N) is 1. The first-order chi connectivity index (χ1) is 10.8. The average Bonchev–Trinajstić information content (AvgIpc) is 2.96. The first-order valence-corrected chi connectivity index (χ1v) is 9.68. The van der Waals surface area contributed by atoms with Crippen LogP contribution in [-0.2, 0) is 14.6 Å². The van der Waals surface area contributed by atoms with Gasteiger partial charge in [-0.05, 0) is 37.1 Å². The zero-order valence-electron chi connectivity index (χ0n) is 13.8. The quantitative estimate of drug-likeness (QED) is 0.754. The van der Waals surface area contributed by atoms with E-state index >= 15 is 0 Å². The zero-order chi connectivity index (χ0) is 16.9. The molecule has 0 aromatic heterocycles. The van der Waals surface area contributed by atoms with E-state index in [0.29, 0.717) is 12.3 Å². The Balaban J connectivity index is 0.00000288. The maximum Gasteiger partial charge on any atom is 0.223 e. The molecule has 0 spiro atoms. The monoisotopic (exact) mass is 376 g/mol. The molecule has 1 saturated carbocycles. The molecule has 1 aromatic carbocycles. The number of sulfone groups is 1. The second-order valence-electron chi connectivity index (χ2n) is 6.08. The van der Waals surface area contributed by atoms with Gasteiger partial charge in [0.25, 0.3) is 0 Å². The Kier molecular flexibility index (Phi) is 7.51. The van der Waals surface area contributed by atoms with E-state index in [1.54, 1.807) is 12.1 Å². The fraction of sp³-hybridized carbons (Fsp3) is 0.562. The van der Waals surface area contributed by atoms with Crippen LogP contribution in [0.4, 0.5) is 0 Å². The molecular formula is C16H25ClN2O4S. The second-order valence-corrected chi connectivity index (χ2v) is 8.10. The number of amides is 1. The Labute approximate surface area is 149 Å². The lowest BCUT2D eigenvalue weighted by Gasteiger charge is -2.28. The van der Waals surface area contributed by atoms with Crippen LogP contribution in [0.5, 0.6) is 5.75 Å². The van der Waals surface area contributed by atoms with Crippen LogP contribution in [0.1, 0.15) is 32.1 Å². The second kappa shape index (κ2) is 8.69. The molecule has 0 atom stereocenters. The van der Waals surface area contributed by atoms with Gasteiger partial charge in [-0.2, -0.15) is 0 Å². The third-order valence-electron chi connectivity index (χ3n) is 4.21. The molecule has 1 amide bonds. The highest BCUT2D eigenvalue weighted by atomic mass is 35.5. The van der Waals surface area contributed by atoms with Gasteiger partial charge in [0.15, 0.2) is 9.84 Å². The van der Waals surface area contributed by atoms with Gasteiger partial charge < -0.3 is 15.8 Å². The summed E-state index contributed by atoms with van der Waals surface area (Å²) in [6.45, 7) is 0.706. The molecule has 1 fully saturated rings. The highest BCUT2D eigenvalue weighted by molar-refractivity contribution is 7.90. The van der Waals surface area contributed by atoms with Crippen LogP contribution < -0.4 is 15.8 Å². The van der Waals surface area contributed by atoms with E-state index in [-0.39, 0.29) is 41.8 Å². The minimum Gasteiger partial charge on any atom is -0.493 e. The zero-order valence-corrected chi connectivity index (χ0v) is 15.4. The van der Waals surface area contributed by atoms with E-state index in [1.807, 2.05) is 0 Å². The maximum absolute atomic E-state index is 12.0. The van der Waals surface area contributed by atoms with E-state index in [4.69, 9.17) is 10.5 Å². The molecule has 0 unspecified atom stereocenters. The molecule has 1 aliphatic rings. The van der Waals surface area contributed by atoms with Gasteiger partial charge in [-0.15, -0.1) is 12.4 Å². The SMILES string of the molecule is CS(=O)(=O)c1ccc(OCCC(=O)NC2(CN)CCCC2)cc1.Cl. The lowest BCUT2D eigenvalue weighted by atomic mass is 9.98. The Morgan fingerprint density at radius 2 is 1.83 bits per heavy atom. The molecule has 24 heavy (non-hydrogen) atoms. The lowest BCUT2D eigenvalue weighted by Crippen LogP contribution is -2.51. The van der Waals surface area contributed by atoms with Crippen molar-refractivity contribution >= 4 is 28.2 Å². The number of carbonyl (C=O) groups is 1. The smallest absolute Gasteiger partial charge is 0.223 e. The number of ether oxygens (including phenoxy) is 1. The molecule has 2 rings (SSSR count). The van der Waals surface area contributed by atoms with Crippen molar-refractivity contribution in [1.82, 2.24) is 5.32 Å². The van der Waals surface area contributed by atoms with Gasteiger partial charge in [-0.25, -0.2) is 8.42 Å². The lowest BCUT2D eigenvalue weighted by molar-refractivity contribution is -0.123. The van der Waals surface area contributed by atoms with Crippen molar-refractivity contribution in [2.45, 2.75) is 42.5 Å². The Bertz CT molecular complexity index is 641. The van der Waals surface area contributed by atoms with Crippen molar-refractivity contribution in [2.24, 2.45) is 5.73 Å².